The molecule has 8 nitrogen and oxygen atoms in total. The third kappa shape index (κ3) is 4.40. The number of pyridine rings is 1. The number of rotatable bonds is 6. The summed E-state index contributed by atoms with van der Waals surface area (Å²) < 4.78 is 28.7. The summed E-state index contributed by atoms with van der Waals surface area (Å²) in [6.45, 7) is 5.23. The van der Waals surface area contributed by atoms with E-state index in [1.54, 1.807) is 29.1 Å². The van der Waals surface area contributed by atoms with Crippen molar-refractivity contribution in [3.63, 3.8) is 0 Å². The van der Waals surface area contributed by atoms with Gasteiger partial charge in [0.25, 0.3) is 10.0 Å². The fraction of sp³-hybridized carbons (Fsp3) is 0.450. The number of hydrogen-bond donors (Lipinski definition) is 1. The van der Waals surface area contributed by atoms with E-state index in [0.717, 1.165) is 29.5 Å². The van der Waals surface area contributed by atoms with Gasteiger partial charge in [-0.3, -0.25) is 0 Å². The van der Waals surface area contributed by atoms with Crippen molar-refractivity contribution >= 4 is 32.3 Å². The molecule has 1 aliphatic rings. The number of imidazole rings is 1. The average Bonchev–Trinajstić information content (AvgIpc) is 3.38. The zero-order valence-corrected chi connectivity index (χ0v) is 18.9. The van der Waals surface area contributed by atoms with Crippen LogP contribution in [-0.4, -0.2) is 45.3 Å². The highest BCUT2D eigenvalue weighted by atomic mass is 32.2. The van der Waals surface area contributed by atoms with Gasteiger partial charge >= 0.3 is 0 Å². The van der Waals surface area contributed by atoms with E-state index in [-0.39, 0.29) is 10.9 Å². The van der Waals surface area contributed by atoms with Crippen molar-refractivity contribution in [1.82, 2.24) is 23.8 Å². The maximum Gasteiger partial charge on any atom is 0.262 e. The van der Waals surface area contributed by atoms with E-state index < -0.39 is 10.0 Å². The molecular weight excluding hydrogens is 420 g/mol. The molecule has 30 heavy (non-hydrogen) atoms. The van der Waals surface area contributed by atoms with E-state index in [4.69, 9.17) is 4.98 Å². The fourth-order valence-electron chi connectivity index (χ4n) is 3.52. The Kier molecular flexibility index (Phi) is 5.90. The second-order valence-electron chi connectivity index (χ2n) is 7.85. The SMILES string of the molecule is CC(C)c1cnc(Nc2cccc(C3CCN(S(=O)(=O)c4cn(C)cn4)CC3)n2)s1. The monoisotopic (exact) mass is 446 g/mol. The summed E-state index contributed by atoms with van der Waals surface area (Å²) in [5.41, 5.74) is 0.982. The number of aryl methyl sites for hydroxylation is 1. The van der Waals surface area contributed by atoms with E-state index in [0.29, 0.717) is 19.0 Å². The van der Waals surface area contributed by atoms with Crippen LogP contribution in [0.15, 0.2) is 41.9 Å². The molecule has 1 aliphatic heterocycles. The lowest BCUT2D eigenvalue weighted by atomic mass is 9.94. The molecule has 160 valence electrons. The number of hydrogen-bond acceptors (Lipinski definition) is 7. The van der Waals surface area contributed by atoms with Crippen molar-refractivity contribution in [1.29, 1.82) is 0 Å². The third-order valence-electron chi connectivity index (χ3n) is 5.26. The first kappa shape index (κ1) is 21.0. The number of nitrogens with zero attached hydrogens (tertiary/aromatic N) is 5. The third-order valence-corrected chi connectivity index (χ3v) is 8.25. The van der Waals surface area contributed by atoms with Gasteiger partial charge in [-0.15, -0.1) is 11.3 Å². The Morgan fingerprint density at radius 2 is 1.97 bits per heavy atom. The van der Waals surface area contributed by atoms with Crippen LogP contribution in [0.1, 0.15) is 49.1 Å². The normalized spacial score (nSPS) is 16.3. The number of anilines is 2. The van der Waals surface area contributed by atoms with Gasteiger partial charge in [0.15, 0.2) is 10.2 Å². The van der Waals surface area contributed by atoms with Crippen LogP contribution in [0.25, 0.3) is 0 Å². The smallest absolute Gasteiger partial charge is 0.262 e. The maximum atomic E-state index is 12.8. The first-order valence-electron chi connectivity index (χ1n) is 10.0. The van der Waals surface area contributed by atoms with Gasteiger partial charge in [-0.2, -0.15) is 4.31 Å². The zero-order valence-electron chi connectivity index (χ0n) is 17.3. The number of thiazole rings is 1. The predicted octanol–water partition coefficient (Wildman–Crippen LogP) is 3.71. The predicted molar refractivity (Wildman–Crippen MR) is 118 cm³/mol. The van der Waals surface area contributed by atoms with Gasteiger partial charge in [-0.25, -0.2) is 23.4 Å². The van der Waals surface area contributed by atoms with Crippen LogP contribution in [0.2, 0.25) is 0 Å². The lowest BCUT2D eigenvalue weighted by Crippen LogP contribution is -2.38. The molecular formula is C20H26N6O2S2. The molecule has 0 aromatic carbocycles. The molecule has 0 saturated carbocycles. The van der Waals surface area contributed by atoms with E-state index in [2.05, 4.69) is 29.1 Å². The van der Waals surface area contributed by atoms with Gasteiger partial charge in [0.1, 0.15) is 5.82 Å². The summed E-state index contributed by atoms with van der Waals surface area (Å²) in [4.78, 5) is 14.4. The molecule has 0 unspecified atom stereocenters. The van der Waals surface area contributed by atoms with Crippen molar-refractivity contribution in [3.05, 3.63) is 47.5 Å². The van der Waals surface area contributed by atoms with E-state index in [9.17, 15) is 8.42 Å². The molecule has 3 aromatic heterocycles. The van der Waals surface area contributed by atoms with Gasteiger partial charge in [0.2, 0.25) is 0 Å². The van der Waals surface area contributed by atoms with Gasteiger partial charge in [0, 0.05) is 49.0 Å². The summed E-state index contributed by atoms with van der Waals surface area (Å²) in [6.07, 6.45) is 6.42. The maximum absolute atomic E-state index is 12.8. The Bertz CT molecular complexity index is 1110. The molecule has 4 rings (SSSR count). The molecule has 1 N–H and O–H groups in total. The number of aromatic nitrogens is 4. The lowest BCUT2D eigenvalue weighted by molar-refractivity contribution is 0.316. The second kappa shape index (κ2) is 8.44. The first-order valence-corrected chi connectivity index (χ1v) is 12.3. The number of nitrogens with one attached hydrogen (secondary N) is 1. The van der Waals surface area contributed by atoms with Crippen LogP contribution >= 0.6 is 11.3 Å². The summed E-state index contributed by atoms with van der Waals surface area (Å²) >= 11 is 1.64. The number of piperidine rings is 1. The minimum atomic E-state index is -3.54. The van der Waals surface area contributed by atoms with Gasteiger partial charge in [0.05, 0.1) is 6.33 Å². The Morgan fingerprint density at radius 3 is 2.60 bits per heavy atom. The highest BCUT2D eigenvalue weighted by molar-refractivity contribution is 7.89. The van der Waals surface area contributed by atoms with Crippen molar-refractivity contribution < 1.29 is 8.42 Å². The van der Waals surface area contributed by atoms with E-state index in [1.165, 1.54) is 15.5 Å². The topological polar surface area (TPSA) is 93.0 Å². The molecule has 1 saturated heterocycles. The molecule has 10 heteroatoms. The van der Waals surface area contributed by atoms with Gasteiger partial charge < -0.3 is 9.88 Å². The summed E-state index contributed by atoms with van der Waals surface area (Å²) in [7, 11) is -1.77. The molecule has 0 aliphatic carbocycles. The largest absolute Gasteiger partial charge is 0.339 e. The van der Waals surface area contributed by atoms with Crippen molar-refractivity contribution in [2.24, 2.45) is 7.05 Å². The van der Waals surface area contributed by atoms with Crippen LogP contribution < -0.4 is 5.32 Å². The average molecular weight is 447 g/mol. The molecule has 0 radical (unpaired) electrons. The highest BCUT2D eigenvalue weighted by Crippen LogP contribution is 2.31. The fourth-order valence-corrected chi connectivity index (χ4v) is 5.78. The van der Waals surface area contributed by atoms with E-state index >= 15 is 0 Å². The van der Waals surface area contributed by atoms with Crippen LogP contribution in [-0.2, 0) is 17.1 Å². The Morgan fingerprint density at radius 1 is 1.20 bits per heavy atom. The molecule has 4 heterocycles. The summed E-state index contributed by atoms with van der Waals surface area (Å²) in [5.74, 6) is 1.44. The van der Waals surface area contributed by atoms with Crippen molar-refractivity contribution in [3.8, 4) is 0 Å². The first-order chi connectivity index (χ1) is 14.3. The molecule has 0 amide bonds. The minimum absolute atomic E-state index is 0.108. The Labute approximate surface area is 181 Å². The minimum Gasteiger partial charge on any atom is -0.339 e. The van der Waals surface area contributed by atoms with Crippen LogP contribution in [0.5, 0.6) is 0 Å². The lowest BCUT2D eigenvalue weighted by Gasteiger charge is -2.30. The highest BCUT2D eigenvalue weighted by Gasteiger charge is 2.31. The Hall–Kier alpha value is -2.30. The van der Waals surface area contributed by atoms with Crippen LogP contribution in [0.4, 0.5) is 10.9 Å². The summed E-state index contributed by atoms with van der Waals surface area (Å²) in [6, 6.07) is 5.93. The summed E-state index contributed by atoms with van der Waals surface area (Å²) in [5, 5.41) is 4.24. The van der Waals surface area contributed by atoms with Crippen LogP contribution in [0, 0.1) is 0 Å². The van der Waals surface area contributed by atoms with Crippen LogP contribution in [0.3, 0.4) is 0 Å². The van der Waals surface area contributed by atoms with Crippen molar-refractivity contribution in [2.75, 3.05) is 18.4 Å². The van der Waals surface area contributed by atoms with Gasteiger partial charge in [-0.05, 0) is 30.9 Å². The Balaban J connectivity index is 1.42. The molecule has 0 atom stereocenters. The van der Waals surface area contributed by atoms with E-state index in [1.807, 2.05) is 24.4 Å². The van der Waals surface area contributed by atoms with Gasteiger partial charge in [-0.1, -0.05) is 19.9 Å². The van der Waals surface area contributed by atoms with Crippen molar-refractivity contribution in [2.45, 2.75) is 43.6 Å². The molecule has 0 bridgehead atoms. The molecule has 1 fully saturated rings. The molecule has 3 aromatic rings. The zero-order chi connectivity index (χ0) is 21.3. The standard InChI is InChI=1S/C20H26N6O2S2/c1-14(2)17-11-21-20(29-17)24-18-6-4-5-16(23-18)15-7-9-26(10-8-15)30(27,28)19-12-25(3)13-22-19/h4-6,11-15H,7-10H2,1-3H3,(H,21,23,24). The number of sulfonamides is 1. The quantitative estimate of drug-likeness (QED) is 0.620. The molecule has 0 spiro atoms. The second-order valence-corrected chi connectivity index (χ2v) is 10.8.